The van der Waals surface area contributed by atoms with Crippen molar-refractivity contribution in [3.8, 4) is 6.07 Å². The average molecular weight is 412 g/mol. The molecule has 1 amide bonds. The van der Waals surface area contributed by atoms with Crippen molar-refractivity contribution in [3.63, 3.8) is 0 Å². The fourth-order valence-corrected chi connectivity index (χ4v) is 4.47. The molecule has 1 aromatic heterocycles. The summed E-state index contributed by atoms with van der Waals surface area (Å²) in [4.78, 5) is 24.5. The highest BCUT2D eigenvalue weighted by Gasteiger charge is 2.69. The summed E-state index contributed by atoms with van der Waals surface area (Å²) in [5, 5.41) is 12.3. The highest BCUT2D eigenvalue weighted by Crippen LogP contribution is 2.64. The van der Waals surface area contributed by atoms with Crippen molar-refractivity contribution >= 4 is 40.9 Å². The molecule has 0 bridgehead atoms. The summed E-state index contributed by atoms with van der Waals surface area (Å²) in [5.41, 5.74) is 1.31. The maximum Gasteiger partial charge on any atom is 0.315 e. The Morgan fingerprint density at radius 2 is 1.93 bits per heavy atom. The Balaban J connectivity index is 1.73. The second kappa shape index (κ2) is 7.03. The Morgan fingerprint density at radius 3 is 2.44 bits per heavy atom. The van der Waals surface area contributed by atoms with Crippen LogP contribution in [0, 0.1) is 30.6 Å². The zero-order valence-electron chi connectivity index (χ0n) is 15.7. The molecule has 2 aliphatic carbocycles. The van der Waals surface area contributed by atoms with Crippen molar-refractivity contribution in [1.82, 2.24) is 4.57 Å². The number of nitrogens with zero attached hydrogens (tertiary/aromatic N) is 2. The minimum absolute atomic E-state index is 0.266. The molecular formula is C19H23Cl2N3O3. The summed E-state index contributed by atoms with van der Waals surface area (Å²) in [6.07, 6.45) is 4.59. The molecule has 0 unspecified atom stereocenters. The van der Waals surface area contributed by atoms with Crippen LogP contribution in [0.25, 0.3) is 0 Å². The van der Waals surface area contributed by atoms with Crippen molar-refractivity contribution < 1.29 is 14.3 Å². The summed E-state index contributed by atoms with van der Waals surface area (Å²) in [6.45, 7) is 5.00. The third-order valence-electron chi connectivity index (χ3n) is 5.86. The van der Waals surface area contributed by atoms with E-state index in [0.717, 1.165) is 36.9 Å². The summed E-state index contributed by atoms with van der Waals surface area (Å²) >= 11 is 11.9. The number of aromatic nitrogens is 1. The molecule has 146 valence electrons. The molecule has 2 saturated carbocycles. The van der Waals surface area contributed by atoms with Gasteiger partial charge in [-0.3, -0.25) is 9.59 Å². The molecule has 0 saturated heterocycles. The van der Waals surface area contributed by atoms with E-state index in [-0.39, 0.29) is 6.04 Å². The summed E-state index contributed by atoms with van der Waals surface area (Å²) in [6, 6.07) is 2.45. The molecule has 6 nitrogen and oxygen atoms in total. The number of esters is 1. The molecular weight excluding hydrogens is 389 g/mol. The van der Waals surface area contributed by atoms with Gasteiger partial charge in [0, 0.05) is 18.2 Å². The number of carbonyl (C=O) groups excluding carboxylic acids is 2. The lowest BCUT2D eigenvalue weighted by Gasteiger charge is -2.19. The van der Waals surface area contributed by atoms with Gasteiger partial charge in [0.2, 0.25) is 0 Å². The van der Waals surface area contributed by atoms with Gasteiger partial charge in [-0.2, -0.15) is 5.26 Å². The number of carbonyl (C=O) groups is 2. The largest absolute Gasteiger partial charge is 0.455 e. The standard InChI is InChI=1S/C19H23Cl2N3O3/c1-11-12(2)24(13-6-4-5-7-13)16(14(11)8-22)23-15(25)9-27-17(26)18(3)10-19(18,20)21/h13H,4-7,9-10H2,1-3H3,(H,23,25)/t18-/m1/s1. The first-order valence-corrected chi connectivity index (χ1v) is 9.84. The molecule has 0 aromatic carbocycles. The van der Waals surface area contributed by atoms with Gasteiger partial charge in [0.1, 0.15) is 21.6 Å². The number of alkyl halides is 2. The third-order valence-corrected chi connectivity index (χ3v) is 6.96. The number of amides is 1. The molecule has 1 N–H and O–H groups in total. The molecule has 1 atom stereocenters. The van der Waals surface area contributed by atoms with E-state index in [1.54, 1.807) is 6.92 Å². The molecule has 0 spiro atoms. The summed E-state index contributed by atoms with van der Waals surface area (Å²) < 4.78 is 6.01. The number of nitrogens with one attached hydrogen (secondary N) is 1. The molecule has 3 rings (SSSR count). The SMILES string of the molecule is Cc1c(C#N)c(NC(=O)COC(=O)[C@@]2(C)CC2(Cl)Cl)n(C2CCCC2)c1C. The van der Waals surface area contributed by atoms with Crippen LogP contribution in [0.5, 0.6) is 0 Å². The first kappa shape index (κ1) is 20.0. The van der Waals surface area contributed by atoms with Gasteiger partial charge in [-0.1, -0.05) is 12.8 Å². The zero-order chi connectivity index (χ0) is 20.0. The molecule has 1 aromatic rings. The van der Waals surface area contributed by atoms with Crippen LogP contribution in [0.2, 0.25) is 0 Å². The highest BCUT2D eigenvalue weighted by atomic mass is 35.5. The van der Waals surface area contributed by atoms with Gasteiger partial charge in [-0.05, 0) is 39.2 Å². The van der Waals surface area contributed by atoms with E-state index in [0.29, 0.717) is 17.8 Å². The van der Waals surface area contributed by atoms with Crippen molar-refractivity contribution in [2.24, 2.45) is 5.41 Å². The highest BCUT2D eigenvalue weighted by molar-refractivity contribution is 6.53. The van der Waals surface area contributed by atoms with Gasteiger partial charge in [0.05, 0.1) is 5.56 Å². The minimum Gasteiger partial charge on any atom is -0.455 e. The smallest absolute Gasteiger partial charge is 0.315 e. The normalized spacial score (nSPS) is 23.7. The van der Waals surface area contributed by atoms with Crippen LogP contribution in [0.1, 0.15) is 61.9 Å². The van der Waals surface area contributed by atoms with Crippen molar-refractivity contribution in [3.05, 3.63) is 16.8 Å². The Kier molecular flexibility index (Phi) is 5.22. The molecule has 1 heterocycles. The molecule has 8 heteroatoms. The number of halogens is 2. The Bertz CT molecular complexity index is 834. The maximum absolute atomic E-state index is 12.4. The Morgan fingerprint density at radius 1 is 1.33 bits per heavy atom. The van der Waals surface area contributed by atoms with Crippen LogP contribution < -0.4 is 5.32 Å². The van der Waals surface area contributed by atoms with Crippen LogP contribution in [-0.2, 0) is 14.3 Å². The van der Waals surface area contributed by atoms with Gasteiger partial charge in [-0.25, -0.2) is 0 Å². The lowest BCUT2D eigenvalue weighted by molar-refractivity contribution is -0.152. The topological polar surface area (TPSA) is 84.1 Å². The van der Waals surface area contributed by atoms with Crippen molar-refractivity contribution in [1.29, 1.82) is 5.26 Å². The molecule has 27 heavy (non-hydrogen) atoms. The molecule has 2 aliphatic rings. The molecule has 2 fully saturated rings. The van der Waals surface area contributed by atoms with Gasteiger partial charge < -0.3 is 14.6 Å². The van der Waals surface area contributed by atoms with Crippen LogP contribution in [0.4, 0.5) is 5.82 Å². The van der Waals surface area contributed by atoms with E-state index in [9.17, 15) is 14.9 Å². The Labute approximate surface area is 168 Å². The van der Waals surface area contributed by atoms with Crippen LogP contribution in [-0.4, -0.2) is 27.4 Å². The monoisotopic (exact) mass is 411 g/mol. The van der Waals surface area contributed by atoms with E-state index < -0.39 is 28.2 Å². The predicted octanol–water partition coefficient (Wildman–Crippen LogP) is 4.16. The third kappa shape index (κ3) is 3.43. The average Bonchev–Trinajstić information content (AvgIpc) is 2.98. The van der Waals surface area contributed by atoms with Gasteiger partial charge in [0.15, 0.2) is 6.61 Å². The van der Waals surface area contributed by atoms with Crippen LogP contribution >= 0.6 is 23.2 Å². The van der Waals surface area contributed by atoms with Crippen LogP contribution in [0.3, 0.4) is 0 Å². The van der Waals surface area contributed by atoms with Crippen molar-refractivity contribution in [2.75, 3.05) is 11.9 Å². The lowest BCUT2D eigenvalue weighted by Crippen LogP contribution is -2.28. The maximum atomic E-state index is 12.4. The fourth-order valence-electron chi connectivity index (χ4n) is 3.79. The number of hydrogen-bond donors (Lipinski definition) is 1. The van der Waals surface area contributed by atoms with Gasteiger partial charge >= 0.3 is 5.97 Å². The number of hydrogen-bond acceptors (Lipinski definition) is 4. The van der Waals surface area contributed by atoms with E-state index in [1.807, 2.05) is 18.4 Å². The fraction of sp³-hybridized carbons (Fsp3) is 0.632. The minimum atomic E-state index is -1.14. The molecule has 0 aliphatic heterocycles. The van der Waals surface area contributed by atoms with E-state index in [2.05, 4.69) is 11.4 Å². The van der Waals surface area contributed by atoms with E-state index in [4.69, 9.17) is 27.9 Å². The number of rotatable bonds is 5. The Hall–Kier alpha value is -1.71. The van der Waals surface area contributed by atoms with E-state index >= 15 is 0 Å². The zero-order valence-corrected chi connectivity index (χ0v) is 17.2. The first-order valence-electron chi connectivity index (χ1n) is 9.09. The second-order valence-electron chi connectivity index (χ2n) is 7.69. The predicted molar refractivity (Wildman–Crippen MR) is 103 cm³/mol. The summed E-state index contributed by atoms with van der Waals surface area (Å²) in [7, 11) is 0. The quantitative estimate of drug-likeness (QED) is 0.582. The first-order chi connectivity index (χ1) is 12.6. The molecule has 0 radical (unpaired) electrons. The number of nitriles is 1. The van der Waals surface area contributed by atoms with E-state index in [1.165, 1.54) is 0 Å². The van der Waals surface area contributed by atoms with Gasteiger partial charge in [0.25, 0.3) is 5.91 Å². The lowest BCUT2D eigenvalue weighted by atomic mass is 10.1. The number of anilines is 1. The van der Waals surface area contributed by atoms with Gasteiger partial charge in [-0.15, -0.1) is 23.2 Å². The summed E-state index contributed by atoms with van der Waals surface area (Å²) in [5.74, 6) is -0.598. The number of ether oxygens (including phenoxy) is 1. The van der Waals surface area contributed by atoms with Crippen LogP contribution in [0.15, 0.2) is 0 Å². The second-order valence-corrected chi connectivity index (χ2v) is 9.18. The van der Waals surface area contributed by atoms with Crippen molar-refractivity contribution in [2.45, 2.75) is 63.3 Å².